The van der Waals surface area contributed by atoms with Gasteiger partial charge in [0.05, 0.1) is 24.6 Å². The summed E-state index contributed by atoms with van der Waals surface area (Å²) in [6.45, 7) is 3.96. The number of carboxylic acid groups (broad SMARTS) is 1. The Morgan fingerprint density at radius 3 is 2.13 bits per heavy atom. The first kappa shape index (κ1) is 37.8. The standard InChI is InChI=1S/C31H46FN5O7S/c1-6-21(2)29(35-28(39)20-36(4)5)30(40)34-26(16-23-10-8-7-9-11-23)27(38)19-37(18-24-12-14-25(32)15-13-24)45(43,44)33-17-22(3)31(41)42/h7-15,21-22,26-27,29,33,38H,6,16-20H2,1-5H3,(H,34,40)(H,35,39)(H,41,42)/t21?,22?,26-,27+,29-/m0/s1. The van der Waals surface area contributed by atoms with Gasteiger partial charge >= 0.3 is 5.97 Å². The highest BCUT2D eigenvalue weighted by atomic mass is 32.2. The Bertz CT molecular complexity index is 1350. The van der Waals surface area contributed by atoms with Gasteiger partial charge in [0.25, 0.3) is 10.2 Å². The average molecular weight is 652 g/mol. The predicted molar refractivity (Wildman–Crippen MR) is 169 cm³/mol. The van der Waals surface area contributed by atoms with Crippen molar-refractivity contribution in [2.75, 3.05) is 33.7 Å². The Kier molecular flexibility index (Phi) is 15.0. The number of hydrogen-bond donors (Lipinski definition) is 5. The minimum Gasteiger partial charge on any atom is -0.481 e. The van der Waals surface area contributed by atoms with Crippen molar-refractivity contribution in [1.29, 1.82) is 0 Å². The fraction of sp³-hybridized carbons (Fsp3) is 0.516. The Balaban J connectivity index is 2.40. The summed E-state index contributed by atoms with van der Waals surface area (Å²) >= 11 is 0. The maximum Gasteiger partial charge on any atom is 0.307 e. The Morgan fingerprint density at radius 2 is 1.58 bits per heavy atom. The molecule has 0 radical (unpaired) electrons. The third-order valence-electron chi connectivity index (χ3n) is 7.36. The first-order chi connectivity index (χ1) is 21.1. The van der Waals surface area contributed by atoms with Crippen molar-refractivity contribution in [3.05, 3.63) is 71.5 Å². The van der Waals surface area contributed by atoms with E-state index in [0.717, 1.165) is 9.87 Å². The second-order valence-corrected chi connectivity index (χ2v) is 13.3. The van der Waals surface area contributed by atoms with Gasteiger partial charge in [-0.15, -0.1) is 0 Å². The molecule has 0 bridgehead atoms. The number of amides is 2. The van der Waals surface area contributed by atoms with Crippen molar-refractivity contribution in [1.82, 2.24) is 24.6 Å². The van der Waals surface area contributed by atoms with Gasteiger partial charge < -0.3 is 25.7 Å². The van der Waals surface area contributed by atoms with Gasteiger partial charge in [-0.2, -0.15) is 12.7 Å². The molecule has 5 N–H and O–H groups in total. The van der Waals surface area contributed by atoms with Crippen molar-refractivity contribution in [3.63, 3.8) is 0 Å². The van der Waals surface area contributed by atoms with Crippen LogP contribution in [0, 0.1) is 17.7 Å². The van der Waals surface area contributed by atoms with Crippen LogP contribution in [0.1, 0.15) is 38.3 Å². The number of nitrogens with one attached hydrogen (secondary N) is 3. The highest BCUT2D eigenvalue weighted by molar-refractivity contribution is 7.87. The van der Waals surface area contributed by atoms with Crippen LogP contribution in [0.15, 0.2) is 54.6 Å². The Morgan fingerprint density at radius 1 is 0.956 bits per heavy atom. The van der Waals surface area contributed by atoms with Gasteiger partial charge in [-0.25, -0.2) is 9.11 Å². The molecule has 2 aromatic rings. The number of halogens is 1. The summed E-state index contributed by atoms with van der Waals surface area (Å²) in [4.78, 5) is 39.2. The summed E-state index contributed by atoms with van der Waals surface area (Å²) in [5.74, 6) is -3.86. The molecule has 0 spiro atoms. The van der Waals surface area contributed by atoms with Gasteiger partial charge in [0.15, 0.2) is 0 Å². The van der Waals surface area contributed by atoms with Crippen LogP contribution in [-0.4, -0.2) is 97.5 Å². The molecule has 2 unspecified atom stereocenters. The maximum absolute atomic E-state index is 13.6. The summed E-state index contributed by atoms with van der Waals surface area (Å²) < 4.78 is 43.6. The molecule has 14 heteroatoms. The summed E-state index contributed by atoms with van der Waals surface area (Å²) in [7, 11) is -0.900. The van der Waals surface area contributed by atoms with E-state index in [-0.39, 0.29) is 31.3 Å². The van der Waals surface area contributed by atoms with E-state index in [0.29, 0.717) is 12.0 Å². The van der Waals surface area contributed by atoms with Crippen molar-refractivity contribution < 1.29 is 37.4 Å². The van der Waals surface area contributed by atoms with Crippen LogP contribution >= 0.6 is 0 Å². The minimum atomic E-state index is -4.36. The normalized spacial score (nSPS) is 15.2. The molecule has 0 aromatic heterocycles. The molecule has 250 valence electrons. The number of likely N-dealkylation sites (N-methyl/N-ethyl adjacent to an activating group) is 1. The van der Waals surface area contributed by atoms with Crippen LogP contribution < -0.4 is 15.4 Å². The highest BCUT2D eigenvalue weighted by Crippen LogP contribution is 2.16. The Hall–Kier alpha value is -3.43. The van der Waals surface area contributed by atoms with E-state index >= 15 is 0 Å². The zero-order valence-corrected chi connectivity index (χ0v) is 27.3. The predicted octanol–water partition coefficient (Wildman–Crippen LogP) is 1.36. The number of aliphatic hydroxyl groups is 1. The fourth-order valence-electron chi connectivity index (χ4n) is 4.42. The monoisotopic (exact) mass is 651 g/mol. The second-order valence-electron chi connectivity index (χ2n) is 11.6. The number of aliphatic carboxylic acids is 1. The van der Waals surface area contributed by atoms with Gasteiger partial charge in [-0.3, -0.25) is 14.4 Å². The molecule has 0 heterocycles. The molecular weight excluding hydrogens is 605 g/mol. The number of rotatable bonds is 19. The topological polar surface area (TPSA) is 168 Å². The first-order valence-corrected chi connectivity index (χ1v) is 16.2. The molecule has 0 saturated carbocycles. The lowest BCUT2D eigenvalue weighted by Gasteiger charge is -2.32. The van der Waals surface area contributed by atoms with E-state index in [1.54, 1.807) is 43.3 Å². The minimum absolute atomic E-state index is 0.0694. The molecule has 45 heavy (non-hydrogen) atoms. The number of benzene rings is 2. The molecule has 0 fully saturated rings. The van der Waals surface area contributed by atoms with Crippen molar-refractivity contribution in [3.8, 4) is 0 Å². The van der Waals surface area contributed by atoms with Crippen LogP contribution in [0.5, 0.6) is 0 Å². The molecule has 0 aliphatic carbocycles. The number of carbonyl (C=O) groups is 3. The van der Waals surface area contributed by atoms with Crippen molar-refractivity contribution in [2.24, 2.45) is 11.8 Å². The summed E-state index contributed by atoms with van der Waals surface area (Å²) in [5.41, 5.74) is 1.18. The van der Waals surface area contributed by atoms with E-state index in [1.165, 1.54) is 31.2 Å². The van der Waals surface area contributed by atoms with E-state index in [4.69, 9.17) is 0 Å². The van der Waals surface area contributed by atoms with Gasteiger partial charge in [0.2, 0.25) is 11.8 Å². The molecule has 5 atom stereocenters. The van der Waals surface area contributed by atoms with Crippen LogP contribution in [-0.2, 0) is 37.6 Å². The van der Waals surface area contributed by atoms with Crippen molar-refractivity contribution >= 4 is 28.0 Å². The van der Waals surface area contributed by atoms with E-state index < -0.39 is 65.1 Å². The number of nitrogens with zero attached hydrogens (tertiary/aromatic N) is 2. The van der Waals surface area contributed by atoms with E-state index in [9.17, 15) is 37.4 Å². The second kappa shape index (κ2) is 17.9. The van der Waals surface area contributed by atoms with Gasteiger partial charge in [-0.1, -0.05) is 69.7 Å². The summed E-state index contributed by atoms with van der Waals surface area (Å²) in [5, 5.41) is 26.4. The Labute approximate surface area is 265 Å². The fourth-order valence-corrected chi connectivity index (χ4v) is 5.73. The molecule has 12 nitrogen and oxygen atoms in total. The molecule has 0 aliphatic heterocycles. The van der Waals surface area contributed by atoms with Crippen LogP contribution in [0.25, 0.3) is 0 Å². The van der Waals surface area contributed by atoms with Gasteiger partial charge in [0, 0.05) is 19.6 Å². The van der Waals surface area contributed by atoms with E-state index in [1.807, 2.05) is 19.9 Å². The van der Waals surface area contributed by atoms with Gasteiger partial charge in [0.1, 0.15) is 11.9 Å². The zero-order valence-electron chi connectivity index (χ0n) is 26.4. The molecule has 2 aromatic carbocycles. The molecule has 0 aliphatic rings. The number of hydrogen-bond acceptors (Lipinski definition) is 7. The quantitative estimate of drug-likeness (QED) is 0.152. The summed E-state index contributed by atoms with van der Waals surface area (Å²) in [6, 6.07) is 12.3. The molecule has 2 amide bonds. The first-order valence-electron chi connectivity index (χ1n) is 14.8. The zero-order chi connectivity index (χ0) is 33.7. The average Bonchev–Trinajstić information content (AvgIpc) is 2.98. The molecule has 0 saturated heterocycles. The van der Waals surface area contributed by atoms with Crippen molar-refractivity contribution in [2.45, 2.75) is 58.3 Å². The van der Waals surface area contributed by atoms with Crippen LogP contribution in [0.4, 0.5) is 4.39 Å². The lowest BCUT2D eigenvalue weighted by atomic mass is 9.96. The maximum atomic E-state index is 13.6. The number of carboxylic acids is 1. The van der Waals surface area contributed by atoms with E-state index in [2.05, 4.69) is 15.4 Å². The van der Waals surface area contributed by atoms with Crippen LogP contribution in [0.3, 0.4) is 0 Å². The summed E-state index contributed by atoms with van der Waals surface area (Å²) in [6.07, 6.45) is -0.727. The molecule has 2 rings (SSSR count). The molecular formula is C31H46FN5O7S. The third kappa shape index (κ3) is 12.8. The van der Waals surface area contributed by atoms with Gasteiger partial charge in [-0.05, 0) is 49.7 Å². The SMILES string of the molecule is CCC(C)[C@H](NC(=O)CN(C)C)C(=O)N[C@@H](Cc1ccccc1)[C@H](O)CN(Cc1ccc(F)cc1)S(=O)(=O)NCC(C)C(=O)O. The number of carbonyl (C=O) groups excluding carboxylic acids is 2. The third-order valence-corrected chi connectivity index (χ3v) is 8.85. The lowest BCUT2D eigenvalue weighted by molar-refractivity contribution is -0.140. The van der Waals surface area contributed by atoms with Crippen LogP contribution in [0.2, 0.25) is 0 Å². The largest absolute Gasteiger partial charge is 0.481 e. The number of aliphatic hydroxyl groups excluding tert-OH is 1. The smallest absolute Gasteiger partial charge is 0.307 e. The lowest BCUT2D eigenvalue weighted by Crippen LogP contribution is -2.58. The highest BCUT2D eigenvalue weighted by Gasteiger charge is 2.33.